The predicted octanol–water partition coefficient (Wildman–Crippen LogP) is 5.24. The molecule has 0 saturated heterocycles. The largest absolute Gasteiger partial charge is 0.310 e. The first kappa shape index (κ1) is 14.8. The van der Waals surface area contributed by atoms with E-state index in [1.54, 1.807) is 0 Å². The third kappa shape index (κ3) is 3.94. The fraction of sp³-hybridized carbons (Fsp3) is 0.368. The Balaban J connectivity index is 2.21. The van der Waals surface area contributed by atoms with Gasteiger partial charge in [0, 0.05) is 6.04 Å². The van der Waals surface area contributed by atoms with Crippen molar-refractivity contribution in [2.24, 2.45) is 0 Å². The van der Waals surface area contributed by atoms with E-state index in [2.05, 4.69) is 68.2 Å². The number of allylic oxidation sites excluding steroid dienone is 1. The van der Waals surface area contributed by atoms with E-state index < -0.39 is 0 Å². The van der Waals surface area contributed by atoms with Crippen LogP contribution in [0.2, 0.25) is 0 Å². The van der Waals surface area contributed by atoms with Crippen molar-refractivity contribution in [3.8, 4) is 0 Å². The molecule has 2 aromatic carbocycles. The van der Waals surface area contributed by atoms with E-state index in [1.807, 2.05) is 0 Å². The second-order valence-corrected chi connectivity index (χ2v) is 5.61. The zero-order valence-corrected chi connectivity index (χ0v) is 12.7. The van der Waals surface area contributed by atoms with Crippen molar-refractivity contribution >= 4 is 10.8 Å². The summed E-state index contributed by atoms with van der Waals surface area (Å²) in [6.45, 7) is 9.41. The summed E-state index contributed by atoms with van der Waals surface area (Å²) < 4.78 is 0. The molecule has 0 bridgehead atoms. The Bertz CT molecular complexity index is 571. The Labute approximate surface area is 122 Å². The third-order valence-corrected chi connectivity index (χ3v) is 3.68. The van der Waals surface area contributed by atoms with Crippen LogP contribution in [0.5, 0.6) is 0 Å². The van der Waals surface area contributed by atoms with E-state index >= 15 is 0 Å². The number of hydrogen-bond acceptors (Lipinski definition) is 1. The molecular weight excluding hydrogens is 242 g/mol. The molecule has 0 spiro atoms. The zero-order chi connectivity index (χ0) is 14.4. The van der Waals surface area contributed by atoms with Gasteiger partial charge in [0.15, 0.2) is 0 Å². The maximum atomic E-state index is 4.02. The highest BCUT2D eigenvalue weighted by Crippen LogP contribution is 2.24. The van der Waals surface area contributed by atoms with E-state index in [0.29, 0.717) is 6.04 Å². The standard InChI is InChI=1S/C19H25N/c1-4-13-20-19(12-9-15(2)3)18-11-10-16-7-5-6-8-17(16)14-18/h5-8,10-11,14,19-20H,2,4,9,12-13H2,1,3H3. The molecule has 2 rings (SSSR count). The van der Waals surface area contributed by atoms with Gasteiger partial charge in [-0.1, -0.05) is 48.9 Å². The van der Waals surface area contributed by atoms with E-state index in [4.69, 9.17) is 0 Å². The minimum absolute atomic E-state index is 0.427. The van der Waals surface area contributed by atoms with Crippen molar-refractivity contribution < 1.29 is 0 Å². The molecule has 1 atom stereocenters. The van der Waals surface area contributed by atoms with E-state index in [9.17, 15) is 0 Å². The molecule has 0 fully saturated rings. The first-order valence-corrected chi connectivity index (χ1v) is 7.57. The molecule has 1 N–H and O–H groups in total. The Morgan fingerprint density at radius 3 is 2.60 bits per heavy atom. The molecule has 0 heterocycles. The Hall–Kier alpha value is -1.60. The maximum Gasteiger partial charge on any atom is 0.0323 e. The van der Waals surface area contributed by atoms with Crippen LogP contribution in [0.3, 0.4) is 0 Å². The highest BCUT2D eigenvalue weighted by Gasteiger charge is 2.10. The van der Waals surface area contributed by atoms with Crippen LogP contribution >= 0.6 is 0 Å². The monoisotopic (exact) mass is 267 g/mol. The highest BCUT2D eigenvalue weighted by molar-refractivity contribution is 5.83. The zero-order valence-electron chi connectivity index (χ0n) is 12.7. The topological polar surface area (TPSA) is 12.0 Å². The lowest BCUT2D eigenvalue weighted by atomic mass is 9.97. The van der Waals surface area contributed by atoms with Crippen LogP contribution in [0.25, 0.3) is 10.8 Å². The van der Waals surface area contributed by atoms with Crippen molar-refractivity contribution in [2.45, 2.75) is 39.2 Å². The first-order valence-electron chi connectivity index (χ1n) is 7.57. The van der Waals surface area contributed by atoms with E-state index in [0.717, 1.165) is 25.8 Å². The second kappa shape index (κ2) is 7.25. The smallest absolute Gasteiger partial charge is 0.0323 e. The van der Waals surface area contributed by atoms with Gasteiger partial charge in [-0.25, -0.2) is 0 Å². The van der Waals surface area contributed by atoms with Crippen LogP contribution in [0.1, 0.15) is 44.7 Å². The summed E-state index contributed by atoms with van der Waals surface area (Å²) in [4.78, 5) is 0. The summed E-state index contributed by atoms with van der Waals surface area (Å²) in [5.74, 6) is 0. The van der Waals surface area contributed by atoms with Crippen molar-refractivity contribution in [2.75, 3.05) is 6.54 Å². The van der Waals surface area contributed by atoms with Crippen LogP contribution < -0.4 is 5.32 Å². The molecule has 2 aromatic rings. The third-order valence-electron chi connectivity index (χ3n) is 3.68. The van der Waals surface area contributed by atoms with Gasteiger partial charge in [-0.2, -0.15) is 0 Å². The van der Waals surface area contributed by atoms with Crippen LogP contribution in [0.4, 0.5) is 0 Å². The highest BCUT2D eigenvalue weighted by atomic mass is 14.9. The molecule has 1 unspecified atom stereocenters. The Morgan fingerprint density at radius 1 is 1.15 bits per heavy atom. The number of benzene rings is 2. The molecule has 0 aromatic heterocycles. The van der Waals surface area contributed by atoms with E-state index in [1.165, 1.54) is 21.9 Å². The number of hydrogen-bond donors (Lipinski definition) is 1. The molecule has 0 aliphatic rings. The van der Waals surface area contributed by atoms with Crippen LogP contribution in [-0.2, 0) is 0 Å². The van der Waals surface area contributed by atoms with Gasteiger partial charge in [-0.3, -0.25) is 0 Å². The molecule has 0 radical (unpaired) electrons. The quantitative estimate of drug-likeness (QED) is 0.677. The van der Waals surface area contributed by atoms with Gasteiger partial charge in [-0.05, 0) is 55.1 Å². The SMILES string of the molecule is C=C(C)CCC(NCCC)c1ccc2ccccc2c1. The predicted molar refractivity (Wildman–Crippen MR) is 89.0 cm³/mol. The van der Waals surface area contributed by atoms with Crippen molar-refractivity contribution in [1.29, 1.82) is 0 Å². The molecule has 0 saturated carbocycles. The maximum absolute atomic E-state index is 4.02. The molecule has 1 heteroatoms. The minimum Gasteiger partial charge on any atom is -0.310 e. The molecule has 0 aliphatic carbocycles. The Kier molecular flexibility index (Phi) is 5.37. The van der Waals surface area contributed by atoms with Gasteiger partial charge in [0.05, 0.1) is 0 Å². The van der Waals surface area contributed by atoms with Crippen LogP contribution in [-0.4, -0.2) is 6.54 Å². The van der Waals surface area contributed by atoms with Crippen LogP contribution in [0, 0.1) is 0 Å². The molecular formula is C19H25N. The van der Waals surface area contributed by atoms with Crippen molar-refractivity contribution in [1.82, 2.24) is 5.32 Å². The number of fused-ring (bicyclic) bond motifs is 1. The second-order valence-electron chi connectivity index (χ2n) is 5.61. The van der Waals surface area contributed by atoms with Gasteiger partial charge in [-0.15, -0.1) is 6.58 Å². The molecule has 20 heavy (non-hydrogen) atoms. The van der Waals surface area contributed by atoms with Gasteiger partial charge in [0.1, 0.15) is 0 Å². The average Bonchev–Trinajstić information content (AvgIpc) is 2.46. The van der Waals surface area contributed by atoms with Gasteiger partial charge >= 0.3 is 0 Å². The lowest BCUT2D eigenvalue weighted by molar-refractivity contribution is 0.499. The minimum atomic E-state index is 0.427. The molecule has 0 aliphatic heterocycles. The summed E-state index contributed by atoms with van der Waals surface area (Å²) in [6.07, 6.45) is 3.36. The normalized spacial score (nSPS) is 12.5. The lowest BCUT2D eigenvalue weighted by Gasteiger charge is -2.19. The van der Waals surface area contributed by atoms with Crippen molar-refractivity contribution in [3.63, 3.8) is 0 Å². The molecule has 1 nitrogen and oxygen atoms in total. The van der Waals surface area contributed by atoms with Gasteiger partial charge in [0.25, 0.3) is 0 Å². The first-order chi connectivity index (χ1) is 9.70. The molecule has 106 valence electrons. The Morgan fingerprint density at radius 2 is 1.90 bits per heavy atom. The fourth-order valence-corrected chi connectivity index (χ4v) is 2.52. The van der Waals surface area contributed by atoms with Gasteiger partial charge in [0.2, 0.25) is 0 Å². The van der Waals surface area contributed by atoms with Gasteiger partial charge < -0.3 is 5.32 Å². The average molecular weight is 267 g/mol. The molecule has 0 amide bonds. The summed E-state index contributed by atoms with van der Waals surface area (Å²) in [5.41, 5.74) is 2.65. The lowest BCUT2D eigenvalue weighted by Crippen LogP contribution is -2.22. The summed E-state index contributed by atoms with van der Waals surface area (Å²) >= 11 is 0. The summed E-state index contributed by atoms with van der Waals surface area (Å²) in [6, 6.07) is 15.8. The van der Waals surface area contributed by atoms with E-state index in [-0.39, 0.29) is 0 Å². The van der Waals surface area contributed by atoms with Crippen LogP contribution in [0.15, 0.2) is 54.6 Å². The summed E-state index contributed by atoms with van der Waals surface area (Å²) in [5, 5.41) is 6.30. The fourth-order valence-electron chi connectivity index (χ4n) is 2.52. The van der Waals surface area contributed by atoms with Crippen molar-refractivity contribution in [3.05, 3.63) is 60.2 Å². The summed E-state index contributed by atoms with van der Waals surface area (Å²) in [7, 11) is 0. The number of rotatable bonds is 7. The number of nitrogens with one attached hydrogen (secondary N) is 1.